The number of aliphatic hydroxyl groups is 1. The number of ether oxygens (including phenoxy) is 2. The summed E-state index contributed by atoms with van der Waals surface area (Å²) in [5, 5.41) is 23.3. The van der Waals surface area contributed by atoms with Crippen molar-refractivity contribution in [3.63, 3.8) is 0 Å². The van der Waals surface area contributed by atoms with Crippen LogP contribution in [-0.2, 0) is 26.1 Å². The van der Waals surface area contributed by atoms with E-state index in [1.54, 1.807) is 30.9 Å². The molecule has 0 radical (unpaired) electrons. The highest BCUT2D eigenvalue weighted by atomic mass is 31.2. The van der Waals surface area contributed by atoms with Crippen LogP contribution in [0.5, 0.6) is 5.75 Å². The van der Waals surface area contributed by atoms with Gasteiger partial charge in [0.1, 0.15) is 35.8 Å². The second-order valence-corrected chi connectivity index (χ2v) is 21.6. The number of amidine groups is 1. The van der Waals surface area contributed by atoms with Crippen molar-refractivity contribution in [2.75, 3.05) is 33.1 Å². The first-order valence-electron chi connectivity index (χ1n) is 22.1. The van der Waals surface area contributed by atoms with Gasteiger partial charge in [-0.2, -0.15) is 5.10 Å². The van der Waals surface area contributed by atoms with Crippen molar-refractivity contribution in [2.45, 2.75) is 83.7 Å². The minimum Gasteiger partial charge on any atom is -0.405 e. The highest BCUT2D eigenvalue weighted by Gasteiger charge is 2.61. The molecule has 6 heterocycles. The third kappa shape index (κ3) is 7.55. The largest absolute Gasteiger partial charge is 0.573 e. The van der Waals surface area contributed by atoms with Crippen LogP contribution in [0.2, 0.25) is 0 Å². The number of oxime groups is 1. The third-order valence-electron chi connectivity index (χ3n) is 13.7. The number of nitrogens with one attached hydrogen (secondary N) is 1. The van der Waals surface area contributed by atoms with Crippen LogP contribution in [-0.4, -0.2) is 91.1 Å². The Morgan fingerprint density at radius 3 is 2.33 bits per heavy atom. The van der Waals surface area contributed by atoms with Gasteiger partial charge in [-0.15, -0.1) is 13.2 Å². The summed E-state index contributed by atoms with van der Waals surface area (Å²) in [6.07, 6.45) is -0.970. The summed E-state index contributed by atoms with van der Waals surface area (Å²) in [5.41, 5.74) is 3.04. The standard InChI is InChI=1S/C47H49F4N8O7P/c1-25-19-33(20-26(2)40(25)48)59-41(57-16-15-56(45(57)62)32-8-10-38(67(5,6)63)37(23-32)65-47(49,50)51)39-28(4)55(14-11-34(39)53-59)42(60)36-22-31-21-30(29-12-17-64-18-13-29)7-9-35(31)58(36)46(24-27(46)3)43-52-44(61)66-54-43/h7-10,15-16,19-23,27-29,44,61H,11-14,17-18,24H2,1-6H3,(H,52,54)/t27-,28-,44?,46-/m0/s1. The van der Waals surface area contributed by atoms with E-state index >= 15 is 9.18 Å². The number of nitrogens with zero attached hydrogens (tertiary/aromatic N) is 7. The SMILES string of the molecule is Cc1cc(-n2nc3c(c2-n2ccn(-c4ccc(P(C)(C)=O)c(OC(F)(F)F)c4)c2=O)[C@H](C)N(C(=O)c2cc4cc(C5CCOCC5)ccc4n2[C@@]2(C4=NOC(O)N4)C[C@@H]2C)CC3)cc(C)c1F. The molecule has 1 unspecified atom stereocenters. The zero-order chi connectivity index (χ0) is 47.5. The number of alkyl halides is 3. The van der Waals surface area contributed by atoms with Gasteiger partial charge in [0.2, 0.25) is 0 Å². The van der Waals surface area contributed by atoms with Crippen molar-refractivity contribution in [3.8, 4) is 22.9 Å². The zero-order valence-electron chi connectivity index (χ0n) is 37.6. The number of amides is 1. The molecule has 20 heteroatoms. The van der Waals surface area contributed by atoms with Crippen molar-refractivity contribution in [2.24, 2.45) is 11.1 Å². The average Bonchev–Trinajstić information content (AvgIpc) is 3.77. The average molecular weight is 945 g/mol. The third-order valence-corrected chi connectivity index (χ3v) is 15.3. The second-order valence-electron chi connectivity index (χ2n) is 18.4. The van der Waals surface area contributed by atoms with E-state index in [4.69, 9.17) is 14.7 Å². The molecule has 3 aliphatic heterocycles. The fourth-order valence-electron chi connectivity index (χ4n) is 10.3. The number of hydrogen-bond donors (Lipinski definition) is 2. The molecule has 1 saturated heterocycles. The number of aliphatic hydroxyl groups excluding tert-OH is 1. The van der Waals surface area contributed by atoms with E-state index in [1.807, 2.05) is 23.6 Å². The normalized spacial score (nSPS) is 22.1. The first-order chi connectivity index (χ1) is 31.7. The van der Waals surface area contributed by atoms with E-state index in [0.29, 0.717) is 65.2 Å². The molecule has 352 valence electrons. The zero-order valence-corrected chi connectivity index (χ0v) is 38.5. The number of carbonyl (C=O) groups excluding carboxylic acids is 1. The Balaban J connectivity index is 1.11. The molecule has 2 N–H and O–H groups in total. The van der Waals surface area contributed by atoms with Crippen LogP contribution in [0.25, 0.3) is 28.1 Å². The van der Waals surface area contributed by atoms with Crippen molar-refractivity contribution >= 4 is 35.1 Å². The lowest BCUT2D eigenvalue weighted by atomic mass is 9.91. The van der Waals surface area contributed by atoms with Gasteiger partial charge in [0.25, 0.3) is 5.91 Å². The molecule has 3 aromatic carbocycles. The van der Waals surface area contributed by atoms with Gasteiger partial charge in [0.15, 0.2) is 5.84 Å². The Kier molecular flexibility index (Phi) is 10.7. The molecule has 6 aromatic rings. The van der Waals surface area contributed by atoms with E-state index in [-0.39, 0.29) is 41.6 Å². The van der Waals surface area contributed by atoms with Crippen molar-refractivity contribution < 1.29 is 46.3 Å². The molecule has 4 atom stereocenters. The first kappa shape index (κ1) is 44.7. The Morgan fingerprint density at radius 1 is 0.985 bits per heavy atom. The van der Waals surface area contributed by atoms with Crippen LogP contribution in [0.4, 0.5) is 17.6 Å². The lowest BCUT2D eigenvalue weighted by molar-refractivity contribution is -0.274. The maximum absolute atomic E-state index is 15.5. The Morgan fingerprint density at radius 2 is 1.69 bits per heavy atom. The number of fused-ring (bicyclic) bond motifs is 2. The van der Waals surface area contributed by atoms with Crippen LogP contribution < -0.4 is 21.0 Å². The van der Waals surface area contributed by atoms with Gasteiger partial charge in [0, 0.05) is 61.1 Å². The number of rotatable bonds is 9. The molecule has 0 spiro atoms. The van der Waals surface area contributed by atoms with Crippen molar-refractivity contribution in [1.29, 1.82) is 0 Å². The number of carbonyl (C=O) groups is 1. The molecular weight excluding hydrogens is 896 g/mol. The van der Waals surface area contributed by atoms with Crippen molar-refractivity contribution in [3.05, 3.63) is 117 Å². The molecule has 67 heavy (non-hydrogen) atoms. The second kappa shape index (κ2) is 16.0. The fourth-order valence-corrected chi connectivity index (χ4v) is 11.4. The number of hydrogen-bond acceptors (Lipinski definition) is 10. The Bertz CT molecular complexity index is 3120. The molecule has 1 amide bonds. The maximum Gasteiger partial charge on any atom is 0.573 e. The minimum atomic E-state index is -5.10. The lowest BCUT2D eigenvalue weighted by Crippen LogP contribution is -2.44. The summed E-state index contributed by atoms with van der Waals surface area (Å²) in [7, 11) is -3.26. The van der Waals surface area contributed by atoms with Crippen LogP contribution >= 0.6 is 7.14 Å². The minimum absolute atomic E-state index is 0.000477. The number of halogens is 4. The summed E-state index contributed by atoms with van der Waals surface area (Å²) < 4.78 is 85.0. The van der Waals surface area contributed by atoms with Crippen LogP contribution in [0.3, 0.4) is 0 Å². The van der Waals surface area contributed by atoms with Gasteiger partial charge in [-0.05, 0) is 124 Å². The summed E-state index contributed by atoms with van der Waals surface area (Å²) in [4.78, 5) is 37.1. The first-order valence-corrected chi connectivity index (χ1v) is 24.7. The highest BCUT2D eigenvalue weighted by molar-refractivity contribution is 7.70. The van der Waals surface area contributed by atoms with Gasteiger partial charge >= 0.3 is 18.5 Å². The van der Waals surface area contributed by atoms with E-state index in [2.05, 4.69) is 34.3 Å². The molecule has 15 nitrogen and oxygen atoms in total. The number of aryl methyl sites for hydroxylation is 2. The van der Waals surface area contributed by atoms with E-state index in [9.17, 15) is 27.6 Å². The fraction of sp³-hybridized carbons (Fsp3) is 0.404. The Labute approximate surface area is 381 Å². The number of benzene rings is 3. The molecule has 3 aromatic heterocycles. The van der Waals surface area contributed by atoms with Gasteiger partial charge in [-0.3, -0.25) is 13.9 Å². The molecule has 10 rings (SSSR count). The monoisotopic (exact) mass is 944 g/mol. The van der Waals surface area contributed by atoms with E-state index < -0.39 is 48.8 Å². The molecule has 1 saturated carbocycles. The number of aromatic nitrogens is 5. The van der Waals surface area contributed by atoms with Gasteiger partial charge < -0.3 is 38.8 Å². The summed E-state index contributed by atoms with van der Waals surface area (Å²) in [6.45, 7) is 11.4. The van der Waals surface area contributed by atoms with Gasteiger partial charge in [0.05, 0.1) is 28.4 Å². The highest BCUT2D eigenvalue weighted by Crippen LogP contribution is 2.54. The quantitative estimate of drug-likeness (QED) is 0.112. The predicted octanol–water partition coefficient (Wildman–Crippen LogP) is 7.27. The van der Waals surface area contributed by atoms with Crippen LogP contribution in [0.1, 0.15) is 83.5 Å². The maximum atomic E-state index is 15.5. The van der Waals surface area contributed by atoms with Gasteiger partial charge in [-0.1, -0.05) is 18.1 Å². The van der Waals surface area contributed by atoms with E-state index in [0.717, 1.165) is 39.9 Å². The summed E-state index contributed by atoms with van der Waals surface area (Å²) in [6, 6.07) is 14.3. The molecule has 1 aliphatic carbocycles. The van der Waals surface area contributed by atoms with Crippen molar-refractivity contribution in [1.82, 2.24) is 33.7 Å². The molecule has 4 aliphatic rings. The predicted molar refractivity (Wildman–Crippen MR) is 241 cm³/mol. The van der Waals surface area contributed by atoms with Crippen LogP contribution in [0.15, 0.2) is 76.9 Å². The Hall–Kier alpha value is -6.17. The molecule has 2 fully saturated rings. The molecular formula is C47H49F4N8O7P. The smallest absolute Gasteiger partial charge is 0.405 e. The van der Waals surface area contributed by atoms with Gasteiger partial charge in [-0.25, -0.2) is 13.9 Å². The summed E-state index contributed by atoms with van der Waals surface area (Å²) in [5.74, 6) is -0.462. The topological polar surface area (TPSA) is 159 Å². The lowest BCUT2D eigenvalue weighted by Gasteiger charge is -2.34. The molecule has 0 bridgehead atoms. The summed E-state index contributed by atoms with van der Waals surface area (Å²) >= 11 is 0. The van der Waals surface area contributed by atoms with E-state index in [1.165, 1.54) is 47.1 Å². The number of imidazole rings is 1. The van der Waals surface area contributed by atoms with Crippen LogP contribution in [0, 0.1) is 25.6 Å².